The monoisotopic (exact) mass is 353 g/mol. The number of Topliss-reactive ketones (excluding diaryl/α,β-unsaturated/α-hetero) is 1. The molecule has 0 radical (unpaired) electrons. The molecule has 0 saturated heterocycles. The minimum Gasteiger partial charge on any atom is -0.317 e. The number of hydrogen-bond acceptors (Lipinski definition) is 1. The van der Waals surface area contributed by atoms with Crippen molar-refractivity contribution in [1.82, 2.24) is 4.57 Å². The fraction of sp³-hybridized carbons (Fsp3) is 0.312. The molecule has 1 atom stereocenters. The maximum absolute atomic E-state index is 12.2. The Morgan fingerprint density at radius 2 is 1.90 bits per heavy atom. The third kappa shape index (κ3) is 2.70. The quantitative estimate of drug-likeness (QED) is 0.563. The normalized spacial score (nSPS) is 12.5. The Labute approximate surface area is 132 Å². The zero-order chi connectivity index (χ0) is 15.0. The van der Waals surface area contributed by atoms with E-state index in [0.29, 0.717) is 5.56 Å². The Hall–Kier alpha value is -1.06. The molecular formula is C16H17BrClNO. The lowest BCUT2D eigenvalue weighted by atomic mass is 10.1. The summed E-state index contributed by atoms with van der Waals surface area (Å²) in [5.74, 6) is -0.0290. The van der Waals surface area contributed by atoms with Crippen LogP contribution in [0, 0.1) is 20.8 Å². The maximum Gasteiger partial charge on any atom is 0.182 e. The van der Waals surface area contributed by atoms with E-state index in [-0.39, 0.29) is 5.78 Å². The molecule has 1 heterocycles. The molecule has 0 aliphatic carbocycles. The summed E-state index contributed by atoms with van der Waals surface area (Å²) in [5, 5.41) is -0.507. The predicted octanol–water partition coefficient (Wildman–Crippen LogP) is 4.98. The number of nitrogens with zero attached hydrogens (tertiary/aromatic N) is 1. The molecule has 0 amide bonds. The Kier molecular flexibility index (Phi) is 4.40. The zero-order valence-corrected chi connectivity index (χ0v) is 14.3. The minimum absolute atomic E-state index is 0.0290. The van der Waals surface area contributed by atoms with E-state index in [1.54, 1.807) is 6.92 Å². The van der Waals surface area contributed by atoms with Crippen molar-refractivity contribution in [3.63, 3.8) is 0 Å². The number of aryl methyl sites for hydroxylation is 2. The number of aromatic nitrogens is 1. The van der Waals surface area contributed by atoms with Crippen LogP contribution in [0.2, 0.25) is 0 Å². The number of alkyl halides is 1. The standard InChI is InChI=1S/C16H17BrClNO/c1-9-5-6-13(17)8-15(9)19-10(2)7-14(12(19)4)16(20)11(3)18/h5-8,11H,1-4H3. The van der Waals surface area contributed by atoms with Gasteiger partial charge in [0.1, 0.15) is 0 Å². The highest BCUT2D eigenvalue weighted by molar-refractivity contribution is 9.10. The average molecular weight is 355 g/mol. The van der Waals surface area contributed by atoms with Crippen molar-refractivity contribution in [1.29, 1.82) is 0 Å². The summed E-state index contributed by atoms with van der Waals surface area (Å²) in [6.07, 6.45) is 0. The van der Waals surface area contributed by atoms with Gasteiger partial charge < -0.3 is 4.57 Å². The molecule has 4 heteroatoms. The van der Waals surface area contributed by atoms with E-state index in [2.05, 4.69) is 39.6 Å². The van der Waals surface area contributed by atoms with Crippen LogP contribution in [0.5, 0.6) is 0 Å². The van der Waals surface area contributed by atoms with E-state index >= 15 is 0 Å². The van der Waals surface area contributed by atoms with E-state index in [4.69, 9.17) is 11.6 Å². The maximum atomic E-state index is 12.2. The molecular weight excluding hydrogens is 338 g/mol. The highest BCUT2D eigenvalue weighted by atomic mass is 79.9. The summed E-state index contributed by atoms with van der Waals surface area (Å²) >= 11 is 9.43. The SMILES string of the molecule is Cc1ccc(Br)cc1-n1c(C)cc(C(=O)C(C)Cl)c1C. The van der Waals surface area contributed by atoms with Gasteiger partial charge in [0.2, 0.25) is 0 Å². The van der Waals surface area contributed by atoms with Crippen LogP contribution in [0.25, 0.3) is 5.69 Å². The van der Waals surface area contributed by atoms with Gasteiger partial charge in [-0.1, -0.05) is 22.0 Å². The second-order valence-corrected chi connectivity index (χ2v) is 6.60. The van der Waals surface area contributed by atoms with E-state index in [1.165, 1.54) is 0 Å². The lowest BCUT2D eigenvalue weighted by Crippen LogP contribution is -2.12. The van der Waals surface area contributed by atoms with Crippen molar-refractivity contribution in [2.24, 2.45) is 0 Å². The van der Waals surface area contributed by atoms with Gasteiger partial charge in [-0.3, -0.25) is 4.79 Å². The molecule has 1 aromatic carbocycles. The first kappa shape index (κ1) is 15.3. The number of benzene rings is 1. The summed E-state index contributed by atoms with van der Waals surface area (Å²) in [6.45, 7) is 7.73. The summed E-state index contributed by atoms with van der Waals surface area (Å²) in [6, 6.07) is 8.05. The van der Waals surface area contributed by atoms with Gasteiger partial charge in [-0.2, -0.15) is 0 Å². The molecule has 0 aliphatic rings. The summed E-state index contributed by atoms with van der Waals surface area (Å²) in [7, 11) is 0. The van der Waals surface area contributed by atoms with E-state index in [0.717, 1.165) is 27.1 Å². The van der Waals surface area contributed by atoms with Crippen molar-refractivity contribution in [2.75, 3.05) is 0 Å². The lowest BCUT2D eigenvalue weighted by Gasteiger charge is -2.13. The molecule has 0 spiro atoms. The van der Waals surface area contributed by atoms with Crippen molar-refractivity contribution in [3.8, 4) is 5.69 Å². The van der Waals surface area contributed by atoms with Crippen LogP contribution in [-0.4, -0.2) is 15.7 Å². The summed E-state index contributed by atoms with van der Waals surface area (Å²) < 4.78 is 3.12. The Bertz CT molecular complexity index is 673. The number of carbonyl (C=O) groups excluding carboxylic acids is 1. The third-order valence-corrected chi connectivity index (χ3v) is 4.16. The third-order valence-electron chi connectivity index (χ3n) is 3.47. The van der Waals surface area contributed by atoms with Crippen LogP contribution in [0.1, 0.15) is 34.2 Å². The van der Waals surface area contributed by atoms with E-state index in [1.807, 2.05) is 26.0 Å². The van der Waals surface area contributed by atoms with Crippen molar-refractivity contribution in [2.45, 2.75) is 33.1 Å². The first-order valence-electron chi connectivity index (χ1n) is 6.46. The van der Waals surface area contributed by atoms with Gasteiger partial charge in [0.15, 0.2) is 5.78 Å². The second-order valence-electron chi connectivity index (χ2n) is 5.03. The first-order chi connectivity index (χ1) is 9.32. The van der Waals surface area contributed by atoms with Crippen LogP contribution < -0.4 is 0 Å². The molecule has 2 nitrogen and oxygen atoms in total. The van der Waals surface area contributed by atoms with Gasteiger partial charge >= 0.3 is 0 Å². The van der Waals surface area contributed by atoms with Gasteiger partial charge in [-0.05, 0) is 51.5 Å². The zero-order valence-electron chi connectivity index (χ0n) is 12.0. The van der Waals surface area contributed by atoms with Crippen LogP contribution >= 0.6 is 27.5 Å². The summed E-state index contributed by atoms with van der Waals surface area (Å²) in [5.41, 5.74) is 4.90. The van der Waals surface area contributed by atoms with Crippen molar-refractivity contribution < 1.29 is 4.79 Å². The molecule has 2 aromatic rings. The Balaban J connectivity index is 2.64. The molecule has 2 rings (SSSR count). The van der Waals surface area contributed by atoms with Gasteiger partial charge in [-0.25, -0.2) is 0 Å². The lowest BCUT2D eigenvalue weighted by molar-refractivity contribution is 0.0991. The average Bonchev–Trinajstić information content (AvgIpc) is 2.67. The van der Waals surface area contributed by atoms with E-state index < -0.39 is 5.38 Å². The topological polar surface area (TPSA) is 22.0 Å². The van der Waals surface area contributed by atoms with Gasteiger partial charge in [-0.15, -0.1) is 11.6 Å². The van der Waals surface area contributed by atoms with Crippen molar-refractivity contribution >= 4 is 33.3 Å². The minimum atomic E-state index is -0.507. The number of carbonyl (C=O) groups is 1. The van der Waals surface area contributed by atoms with Gasteiger partial charge in [0, 0.05) is 27.1 Å². The van der Waals surface area contributed by atoms with Crippen LogP contribution in [-0.2, 0) is 0 Å². The smallest absolute Gasteiger partial charge is 0.182 e. The van der Waals surface area contributed by atoms with Crippen LogP contribution in [0.3, 0.4) is 0 Å². The second kappa shape index (κ2) is 5.74. The molecule has 20 heavy (non-hydrogen) atoms. The Morgan fingerprint density at radius 3 is 2.50 bits per heavy atom. The van der Waals surface area contributed by atoms with Gasteiger partial charge in [0.25, 0.3) is 0 Å². The fourth-order valence-corrected chi connectivity index (χ4v) is 2.89. The highest BCUT2D eigenvalue weighted by Gasteiger charge is 2.20. The molecule has 1 aromatic heterocycles. The molecule has 0 aliphatic heterocycles. The molecule has 0 bridgehead atoms. The highest BCUT2D eigenvalue weighted by Crippen LogP contribution is 2.27. The first-order valence-corrected chi connectivity index (χ1v) is 7.69. The Morgan fingerprint density at radius 1 is 1.25 bits per heavy atom. The van der Waals surface area contributed by atoms with Crippen LogP contribution in [0.15, 0.2) is 28.7 Å². The summed E-state index contributed by atoms with van der Waals surface area (Å²) in [4.78, 5) is 12.2. The number of rotatable bonds is 3. The van der Waals surface area contributed by atoms with Gasteiger partial charge in [0.05, 0.1) is 5.38 Å². The van der Waals surface area contributed by atoms with Crippen molar-refractivity contribution in [3.05, 3.63) is 51.3 Å². The van der Waals surface area contributed by atoms with Crippen LogP contribution in [0.4, 0.5) is 0 Å². The largest absolute Gasteiger partial charge is 0.317 e. The molecule has 106 valence electrons. The molecule has 1 unspecified atom stereocenters. The van der Waals surface area contributed by atoms with E-state index in [9.17, 15) is 4.79 Å². The molecule has 0 N–H and O–H groups in total. The fourth-order valence-electron chi connectivity index (χ4n) is 2.42. The number of hydrogen-bond donors (Lipinski definition) is 0. The number of halogens is 2. The number of ketones is 1. The molecule has 0 fully saturated rings. The molecule has 0 saturated carbocycles. The predicted molar refractivity (Wildman–Crippen MR) is 87.3 cm³/mol.